The number of methoxy groups -OCH3 is 1. The summed E-state index contributed by atoms with van der Waals surface area (Å²) in [6.07, 6.45) is 4.35. The Morgan fingerprint density at radius 3 is 2.30 bits per heavy atom. The summed E-state index contributed by atoms with van der Waals surface area (Å²) >= 11 is 0. The van der Waals surface area contributed by atoms with Gasteiger partial charge in [0.15, 0.2) is 5.78 Å². The van der Waals surface area contributed by atoms with Crippen molar-refractivity contribution in [3.05, 3.63) is 28.8 Å². The summed E-state index contributed by atoms with van der Waals surface area (Å²) in [6, 6.07) is 3.98. The van der Waals surface area contributed by atoms with Gasteiger partial charge in [0.05, 0.1) is 7.11 Å². The Balaban J connectivity index is 2.20. The molecule has 0 heterocycles. The molecule has 0 atom stereocenters. The van der Waals surface area contributed by atoms with Crippen LogP contribution < -0.4 is 4.74 Å². The number of aryl methyl sites for hydroxylation is 2. The second-order valence-corrected chi connectivity index (χ2v) is 6.94. The lowest BCUT2D eigenvalue weighted by Gasteiger charge is -2.33. The molecule has 0 saturated heterocycles. The van der Waals surface area contributed by atoms with Crippen molar-refractivity contribution in [3.63, 3.8) is 0 Å². The van der Waals surface area contributed by atoms with E-state index in [0.29, 0.717) is 11.2 Å². The van der Waals surface area contributed by atoms with Gasteiger partial charge in [0.2, 0.25) is 0 Å². The first-order valence-corrected chi connectivity index (χ1v) is 7.53. The number of benzene rings is 1. The Morgan fingerprint density at radius 2 is 1.75 bits per heavy atom. The predicted molar refractivity (Wildman–Crippen MR) is 82.5 cm³/mol. The molecule has 2 rings (SSSR count). The molecule has 1 aromatic carbocycles. The van der Waals surface area contributed by atoms with Crippen molar-refractivity contribution in [1.82, 2.24) is 0 Å². The number of carbonyl (C=O) groups is 1. The number of Topliss-reactive ketones (excluding diaryl/α,β-unsaturated/α-hetero) is 1. The van der Waals surface area contributed by atoms with E-state index < -0.39 is 0 Å². The highest BCUT2D eigenvalue weighted by Gasteiger charge is 2.31. The van der Waals surface area contributed by atoms with Gasteiger partial charge in [-0.15, -0.1) is 0 Å². The highest BCUT2D eigenvalue weighted by Crippen LogP contribution is 2.39. The number of hydrogen-bond donors (Lipinski definition) is 0. The first-order valence-electron chi connectivity index (χ1n) is 7.53. The standard InChI is InChI=1S/C18H26O2/c1-12-11-16(20-5)13(2)10-15(12)17(19)14-6-8-18(3,4)9-7-14/h10-11,14H,6-9H2,1-5H3. The van der Waals surface area contributed by atoms with Crippen molar-refractivity contribution < 1.29 is 9.53 Å². The normalized spacial score (nSPS) is 18.9. The predicted octanol–water partition coefficient (Wildman–Crippen LogP) is 4.71. The summed E-state index contributed by atoms with van der Waals surface area (Å²) in [5, 5.41) is 0. The molecule has 0 N–H and O–H groups in total. The number of ketones is 1. The maximum atomic E-state index is 12.7. The Labute approximate surface area is 122 Å². The lowest BCUT2D eigenvalue weighted by Crippen LogP contribution is -2.26. The van der Waals surface area contributed by atoms with E-state index in [4.69, 9.17) is 4.74 Å². The van der Waals surface area contributed by atoms with E-state index in [9.17, 15) is 4.79 Å². The molecule has 1 aliphatic carbocycles. The van der Waals surface area contributed by atoms with Gasteiger partial charge in [0.1, 0.15) is 5.75 Å². The maximum absolute atomic E-state index is 12.7. The van der Waals surface area contributed by atoms with E-state index >= 15 is 0 Å². The summed E-state index contributed by atoms with van der Waals surface area (Å²) in [5.41, 5.74) is 3.36. The zero-order valence-corrected chi connectivity index (χ0v) is 13.4. The minimum atomic E-state index is 0.203. The van der Waals surface area contributed by atoms with Gasteiger partial charge in [-0.25, -0.2) is 0 Å². The van der Waals surface area contributed by atoms with Crippen LogP contribution in [-0.2, 0) is 0 Å². The third-order valence-corrected chi connectivity index (χ3v) is 4.72. The molecule has 0 bridgehead atoms. The molecule has 20 heavy (non-hydrogen) atoms. The molecule has 1 aliphatic rings. The minimum absolute atomic E-state index is 0.203. The van der Waals surface area contributed by atoms with Crippen molar-refractivity contribution in [2.75, 3.05) is 7.11 Å². The van der Waals surface area contributed by atoms with Crippen LogP contribution in [0.3, 0.4) is 0 Å². The van der Waals surface area contributed by atoms with E-state index in [1.807, 2.05) is 26.0 Å². The van der Waals surface area contributed by atoms with Crippen molar-refractivity contribution in [1.29, 1.82) is 0 Å². The molecular formula is C18H26O2. The van der Waals surface area contributed by atoms with Crippen LogP contribution in [0.15, 0.2) is 12.1 Å². The van der Waals surface area contributed by atoms with Gasteiger partial charge in [0.25, 0.3) is 0 Å². The molecule has 0 spiro atoms. The third kappa shape index (κ3) is 3.05. The van der Waals surface area contributed by atoms with Crippen molar-refractivity contribution in [2.45, 2.75) is 53.4 Å². The zero-order valence-electron chi connectivity index (χ0n) is 13.4. The SMILES string of the molecule is COc1cc(C)c(C(=O)C2CCC(C)(C)CC2)cc1C. The quantitative estimate of drug-likeness (QED) is 0.746. The summed E-state index contributed by atoms with van der Waals surface area (Å²) in [4.78, 5) is 12.7. The monoisotopic (exact) mass is 274 g/mol. The Kier molecular flexibility index (Phi) is 4.22. The second kappa shape index (κ2) is 5.59. The number of carbonyl (C=O) groups excluding carboxylic acids is 1. The van der Waals surface area contributed by atoms with Crippen molar-refractivity contribution in [2.24, 2.45) is 11.3 Å². The first kappa shape index (κ1) is 15.1. The van der Waals surface area contributed by atoms with E-state index in [1.165, 1.54) is 0 Å². The minimum Gasteiger partial charge on any atom is -0.496 e. The largest absolute Gasteiger partial charge is 0.496 e. The summed E-state index contributed by atoms with van der Waals surface area (Å²) < 4.78 is 5.32. The van der Waals surface area contributed by atoms with Crippen LogP contribution in [0, 0.1) is 25.2 Å². The molecule has 110 valence electrons. The highest BCUT2D eigenvalue weighted by atomic mass is 16.5. The van der Waals surface area contributed by atoms with Gasteiger partial charge in [0, 0.05) is 11.5 Å². The van der Waals surface area contributed by atoms with Crippen LogP contribution in [-0.4, -0.2) is 12.9 Å². The average Bonchev–Trinajstić information content (AvgIpc) is 2.40. The summed E-state index contributed by atoms with van der Waals surface area (Å²) in [5.74, 6) is 1.39. The van der Waals surface area contributed by atoms with Crippen LogP contribution >= 0.6 is 0 Å². The van der Waals surface area contributed by atoms with Crippen LogP contribution in [0.2, 0.25) is 0 Å². The Morgan fingerprint density at radius 1 is 1.15 bits per heavy atom. The lowest BCUT2D eigenvalue weighted by molar-refractivity contribution is 0.0837. The van der Waals surface area contributed by atoms with E-state index in [2.05, 4.69) is 13.8 Å². The lowest BCUT2D eigenvalue weighted by atomic mass is 9.71. The number of hydrogen-bond acceptors (Lipinski definition) is 2. The first-order chi connectivity index (χ1) is 9.34. The fraction of sp³-hybridized carbons (Fsp3) is 0.611. The molecule has 2 heteroatoms. The topological polar surface area (TPSA) is 26.3 Å². The molecule has 1 aromatic rings. The molecule has 2 nitrogen and oxygen atoms in total. The molecule has 0 aromatic heterocycles. The number of ether oxygens (including phenoxy) is 1. The van der Waals surface area contributed by atoms with E-state index in [0.717, 1.165) is 48.1 Å². The molecular weight excluding hydrogens is 248 g/mol. The zero-order chi connectivity index (χ0) is 14.9. The molecule has 0 aliphatic heterocycles. The Hall–Kier alpha value is -1.31. The molecule has 0 amide bonds. The fourth-order valence-corrected chi connectivity index (χ4v) is 3.16. The van der Waals surface area contributed by atoms with Gasteiger partial charge in [-0.1, -0.05) is 13.8 Å². The van der Waals surface area contributed by atoms with Gasteiger partial charge in [-0.3, -0.25) is 4.79 Å². The highest BCUT2D eigenvalue weighted by molar-refractivity contribution is 5.99. The van der Waals surface area contributed by atoms with Crippen molar-refractivity contribution >= 4 is 5.78 Å². The van der Waals surface area contributed by atoms with Crippen LogP contribution in [0.1, 0.15) is 61.0 Å². The van der Waals surface area contributed by atoms with Crippen LogP contribution in [0.4, 0.5) is 0 Å². The van der Waals surface area contributed by atoms with Crippen LogP contribution in [0.25, 0.3) is 0 Å². The van der Waals surface area contributed by atoms with E-state index in [-0.39, 0.29) is 5.92 Å². The summed E-state index contributed by atoms with van der Waals surface area (Å²) in [6.45, 7) is 8.61. The average molecular weight is 274 g/mol. The molecule has 1 fully saturated rings. The second-order valence-electron chi connectivity index (χ2n) is 6.94. The van der Waals surface area contributed by atoms with E-state index in [1.54, 1.807) is 7.11 Å². The van der Waals surface area contributed by atoms with Gasteiger partial charge in [-0.05, 0) is 68.2 Å². The molecule has 0 radical (unpaired) electrons. The van der Waals surface area contributed by atoms with Gasteiger partial charge >= 0.3 is 0 Å². The smallest absolute Gasteiger partial charge is 0.166 e. The van der Waals surface area contributed by atoms with Gasteiger partial charge in [-0.2, -0.15) is 0 Å². The maximum Gasteiger partial charge on any atom is 0.166 e. The third-order valence-electron chi connectivity index (χ3n) is 4.72. The molecule has 1 saturated carbocycles. The summed E-state index contributed by atoms with van der Waals surface area (Å²) in [7, 11) is 1.67. The molecule has 0 unspecified atom stereocenters. The van der Waals surface area contributed by atoms with Crippen LogP contribution in [0.5, 0.6) is 5.75 Å². The van der Waals surface area contributed by atoms with Crippen molar-refractivity contribution in [3.8, 4) is 5.75 Å². The Bertz CT molecular complexity index is 504. The van der Waals surface area contributed by atoms with Gasteiger partial charge < -0.3 is 4.74 Å². The number of rotatable bonds is 3. The fourth-order valence-electron chi connectivity index (χ4n) is 3.16.